The quantitative estimate of drug-likeness (QED) is 0.414. The van der Waals surface area contributed by atoms with Gasteiger partial charge in [0.05, 0.1) is 0 Å². The summed E-state index contributed by atoms with van der Waals surface area (Å²) < 4.78 is 0. The van der Waals surface area contributed by atoms with E-state index >= 15 is 0 Å². The molecule has 0 atom stereocenters. The normalized spacial score (nSPS) is 4.80. The molecule has 2 N–H and O–H groups in total. The van der Waals surface area contributed by atoms with Gasteiger partial charge in [0, 0.05) is 13.7 Å². The van der Waals surface area contributed by atoms with E-state index < -0.39 is 0 Å². The Hall–Kier alpha value is -0.0800. The van der Waals surface area contributed by atoms with Gasteiger partial charge in [-0.3, -0.25) is 0 Å². The lowest BCUT2D eigenvalue weighted by atomic mass is 10.9. The van der Waals surface area contributed by atoms with Crippen LogP contribution in [0.1, 0.15) is 6.92 Å². The average molecular weight is 78.1 g/mol. The summed E-state index contributed by atoms with van der Waals surface area (Å²) in [5.74, 6) is 0. The van der Waals surface area contributed by atoms with Crippen LogP contribution in [0.4, 0.5) is 0 Å². The zero-order chi connectivity index (χ0) is 4.71. The van der Waals surface area contributed by atoms with Crippen LogP contribution in [0.3, 0.4) is 0 Å². The van der Waals surface area contributed by atoms with Crippen molar-refractivity contribution in [3.63, 3.8) is 0 Å². The van der Waals surface area contributed by atoms with Crippen LogP contribution in [0.5, 0.6) is 0 Å². The van der Waals surface area contributed by atoms with Gasteiger partial charge < -0.3 is 10.2 Å². The molecule has 2 nitrogen and oxygen atoms in total. The highest BCUT2D eigenvalue weighted by Crippen LogP contribution is 1.30. The van der Waals surface area contributed by atoms with E-state index in [-0.39, 0.29) is 6.61 Å². The van der Waals surface area contributed by atoms with Gasteiger partial charge in [-0.25, -0.2) is 0 Å². The second-order valence-corrected chi connectivity index (χ2v) is 0.316. The third-order valence-electron chi connectivity index (χ3n) is 0. The Morgan fingerprint density at radius 2 is 1.40 bits per heavy atom. The van der Waals surface area contributed by atoms with Crippen LogP contribution in [0.2, 0.25) is 0 Å². The Morgan fingerprint density at radius 1 is 1.40 bits per heavy atom. The topological polar surface area (TPSA) is 40.5 Å². The Kier molecular flexibility index (Phi) is 70.0. The molecule has 0 heterocycles. The molecule has 0 spiro atoms. The first-order chi connectivity index (χ1) is 2.41. The minimum Gasteiger partial charge on any atom is -0.400 e. The monoisotopic (exact) mass is 78.1 g/mol. The van der Waals surface area contributed by atoms with Gasteiger partial charge in [0.25, 0.3) is 0 Å². The number of rotatable bonds is 0. The summed E-state index contributed by atoms with van der Waals surface area (Å²) in [6, 6.07) is 0. The van der Waals surface area contributed by atoms with E-state index in [1.807, 2.05) is 0 Å². The van der Waals surface area contributed by atoms with Crippen LogP contribution in [-0.2, 0) is 0 Å². The molecular weight excluding hydrogens is 68.0 g/mol. The van der Waals surface area contributed by atoms with E-state index in [9.17, 15) is 0 Å². The summed E-state index contributed by atoms with van der Waals surface area (Å²) in [4.78, 5) is 0. The van der Waals surface area contributed by atoms with Crippen molar-refractivity contribution in [2.45, 2.75) is 6.92 Å². The molecule has 0 aliphatic carbocycles. The molecule has 0 aromatic carbocycles. The third-order valence-corrected chi connectivity index (χ3v) is 0. The maximum absolute atomic E-state index is 7.57. The summed E-state index contributed by atoms with van der Waals surface area (Å²) >= 11 is 0. The van der Waals surface area contributed by atoms with E-state index in [1.54, 1.807) is 6.92 Å². The lowest BCUT2D eigenvalue weighted by Crippen LogP contribution is -1.57. The molecule has 34 valence electrons. The van der Waals surface area contributed by atoms with Gasteiger partial charge in [-0.05, 0) is 6.92 Å². The number of aliphatic hydroxyl groups is 2. The largest absolute Gasteiger partial charge is 0.400 e. The molecule has 0 fully saturated rings. The van der Waals surface area contributed by atoms with E-state index in [0.717, 1.165) is 7.11 Å². The maximum Gasteiger partial charge on any atom is 0.0402 e. The van der Waals surface area contributed by atoms with Crippen LogP contribution >= 0.6 is 0 Å². The van der Waals surface area contributed by atoms with E-state index in [1.165, 1.54) is 0 Å². The number of aliphatic hydroxyl groups excluding tert-OH is 2. The molecule has 0 radical (unpaired) electrons. The summed E-state index contributed by atoms with van der Waals surface area (Å²) in [6.45, 7) is 1.93. The fraction of sp³-hybridized carbons (Fsp3) is 1.00. The van der Waals surface area contributed by atoms with Crippen molar-refractivity contribution in [2.24, 2.45) is 0 Å². The van der Waals surface area contributed by atoms with E-state index in [0.29, 0.717) is 0 Å². The molecule has 0 aromatic heterocycles. The van der Waals surface area contributed by atoms with Crippen LogP contribution < -0.4 is 0 Å². The molecule has 0 unspecified atom stereocenters. The summed E-state index contributed by atoms with van der Waals surface area (Å²) in [5, 5.41) is 14.6. The van der Waals surface area contributed by atoms with Crippen molar-refractivity contribution in [3.05, 3.63) is 0 Å². The van der Waals surface area contributed by atoms with Gasteiger partial charge in [0.1, 0.15) is 0 Å². The predicted molar refractivity (Wildman–Crippen MR) is 20.9 cm³/mol. The van der Waals surface area contributed by atoms with Crippen molar-refractivity contribution in [1.29, 1.82) is 0 Å². The van der Waals surface area contributed by atoms with Crippen LogP contribution in [0, 0.1) is 0 Å². The van der Waals surface area contributed by atoms with Gasteiger partial charge >= 0.3 is 0 Å². The SMILES string of the molecule is CCO.CO. The van der Waals surface area contributed by atoms with Gasteiger partial charge in [-0.15, -0.1) is 0 Å². The fourth-order valence-electron chi connectivity index (χ4n) is 0. The zero-order valence-corrected chi connectivity index (χ0v) is 3.60. The van der Waals surface area contributed by atoms with Gasteiger partial charge in [-0.1, -0.05) is 0 Å². The molecule has 2 heteroatoms. The molecule has 5 heavy (non-hydrogen) atoms. The smallest absolute Gasteiger partial charge is 0.0402 e. The Morgan fingerprint density at radius 3 is 1.40 bits per heavy atom. The number of hydrogen-bond acceptors (Lipinski definition) is 2. The Labute approximate surface area is 32.1 Å². The highest BCUT2D eigenvalue weighted by atomic mass is 16.2. The van der Waals surface area contributed by atoms with Gasteiger partial charge in [-0.2, -0.15) is 0 Å². The first kappa shape index (κ1) is 8.87. The molecule has 0 amide bonds. The summed E-state index contributed by atoms with van der Waals surface area (Å²) in [5.41, 5.74) is 0. The molecule has 0 rings (SSSR count). The minimum atomic E-state index is 0.250. The van der Waals surface area contributed by atoms with Crippen molar-refractivity contribution in [1.82, 2.24) is 0 Å². The zero-order valence-electron chi connectivity index (χ0n) is 3.60. The van der Waals surface area contributed by atoms with Crippen LogP contribution in [-0.4, -0.2) is 23.9 Å². The lowest BCUT2D eigenvalue weighted by molar-refractivity contribution is 0.318. The van der Waals surface area contributed by atoms with Gasteiger partial charge in [0.2, 0.25) is 0 Å². The van der Waals surface area contributed by atoms with Crippen LogP contribution in [0.25, 0.3) is 0 Å². The van der Waals surface area contributed by atoms with Gasteiger partial charge in [0.15, 0.2) is 0 Å². The third kappa shape index (κ3) is 2260. The van der Waals surface area contributed by atoms with Crippen molar-refractivity contribution in [3.8, 4) is 0 Å². The predicted octanol–water partition coefficient (Wildman–Crippen LogP) is -0.393. The minimum absolute atomic E-state index is 0.250. The van der Waals surface area contributed by atoms with Crippen LogP contribution in [0.15, 0.2) is 0 Å². The second kappa shape index (κ2) is 39.5. The molecule has 0 aliphatic rings. The molecule has 0 saturated carbocycles. The highest BCUT2D eigenvalue weighted by Gasteiger charge is 1.34. The molecular formula is C3H10O2. The standard InChI is InChI=1S/C2H6O.CH4O/c1-2-3;1-2/h3H,2H2,1H3;2H,1H3. The molecule has 0 bridgehead atoms. The van der Waals surface area contributed by atoms with E-state index in [4.69, 9.17) is 10.2 Å². The highest BCUT2D eigenvalue weighted by molar-refractivity contribution is 3.84. The van der Waals surface area contributed by atoms with Crippen molar-refractivity contribution in [2.75, 3.05) is 13.7 Å². The summed E-state index contributed by atoms with van der Waals surface area (Å²) in [6.07, 6.45) is 0. The first-order valence-electron chi connectivity index (χ1n) is 1.47. The summed E-state index contributed by atoms with van der Waals surface area (Å²) in [7, 11) is 1.00. The average Bonchev–Trinajstić information content (AvgIpc) is 1.46. The maximum atomic E-state index is 7.57. The molecule has 0 aliphatic heterocycles. The lowest BCUT2D eigenvalue weighted by Gasteiger charge is -1.52. The van der Waals surface area contributed by atoms with Crippen molar-refractivity contribution >= 4 is 0 Å². The van der Waals surface area contributed by atoms with E-state index in [2.05, 4.69) is 0 Å². The fourth-order valence-corrected chi connectivity index (χ4v) is 0. The first-order valence-corrected chi connectivity index (χ1v) is 1.47. The molecule has 0 aromatic rings. The molecule has 0 saturated heterocycles. The van der Waals surface area contributed by atoms with Crippen molar-refractivity contribution < 1.29 is 10.2 Å². The Balaban J connectivity index is 0. The Bertz CT molecular complexity index is 4.85. The number of hydrogen-bond donors (Lipinski definition) is 2. The second-order valence-electron chi connectivity index (χ2n) is 0.316.